The van der Waals surface area contributed by atoms with Crippen LogP contribution < -0.4 is 5.32 Å². The topological polar surface area (TPSA) is 24.5 Å². The van der Waals surface area contributed by atoms with E-state index < -0.39 is 0 Å². The van der Waals surface area contributed by atoms with E-state index in [1.165, 1.54) is 45.3 Å². The Labute approximate surface area is 101 Å². The highest BCUT2D eigenvalue weighted by Crippen LogP contribution is 2.11. The highest BCUT2D eigenvalue weighted by atomic mass is 16.5. The molecule has 0 saturated carbocycles. The van der Waals surface area contributed by atoms with Crippen LogP contribution >= 0.6 is 0 Å². The smallest absolute Gasteiger partial charge is 0.0595 e. The van der Waals surface area contributed by atoms with E-state index in [-0.39, 0.29) is 0 Å². The Morgan fingerprint density at radius 2 is 1.88 bits per heavy atom. The van der Waals surface area contributed by atoms with Crippen LogP contribution in [0.2, 0.25) is 0 Å². The molecule has 1 heterocycles. The zero-order chi connectivity index (χ0) is 11.8. The predicted molar refractivity (Wildman–Crippen MR) is 68.8 cm³/mol. The first-order chi connectivity index (χ1) is 7.80. The van der Waals surface area contributed by atoms with Crippen LogP contribution in [-0.2, 0) is 4.74 Å². The van der Waals surface area contributed by atoms with E-state index in [2.05, 4.69) is 24.1 Å². The van der Waals surface area contributed by atoms with Crippen LogP contribution in [0.3, 0.4) is 0 Å². The van der Waals surface area contributed by atoms with Gasteiger partial charge in [0.1, 0.15) is 0 Å². The number of piperidine rings is 1. The van der Waals surface area contributed by atoms with Crippen molar-refractivity contribution in [1.29, 1.82) is 0 Å². The summed E-state index contributed by atoms with van der Waals surface area (Å²) in [6.45, 7) is 9.22. The molecule has 0 aromatic rings. The van der Waals surface area contributed by atoms with Gasteiger partial charge in [-0.15, -0.1) is 0 Å². The van der Waals surface area contributed by atoms with Crippen LogP contribution in [-0.4, -0.2) is 50.3 Å². The lowest BCUT2D eigenvalue weighted by Crippen LogP contribution is -2.41. The van der Waals surface area contributed by atoms with Crippen molar-refractivity contribution < 1.29 is 4.74 Å². The van der Waals surface area contributed by atoms with Gasteiger partial charge in [-0.2, -0.15) is 0 Å². The van der Waals surface area contributed by atoms with Gasteiger partial charge in [-0.1, -0.05) is 13.8 Å². The molecular formula is C13H28N2O. The molecule has 16 heavy (non-hydrogen) atoms. The van der Waals surface area contributed by atoms with Gasteiger partial charge in [0.05, 0.1) is 6.10 Å². The van der Waals surface area contributed by atoms with Crippen LogP contribution in [0, 0.1) is 0 Å². The first kappa shape index (κ1) is 13.9. The SMILES string of the molecule is CCC(CC)NCCN1CCC(OC)CC1. The van der Waals surface area contributed by atoms with Gasteiger partial charge in [-0.25, -0.2) is 0 Å². The molecule has 1 N–H and O–H groups in total. The third-order valence-electron chi connectivity index (χ3n) is 3.71. The van der Waals surface area contributed by atoms with E-state index >= 15 is 0 Å². The average Bonchev–Trinajstić information content (AvgIpc) is 2.35. The molecule has 96 valence electrons. The number of likely N-dealkylation sites (tertiary alicyclic amines) is 1. The Morgan fingerprint density at radius 3 is 2.38 bits per heavy atom. The molecule has 1 aliphatic heterocycles. The van der Waals surface area contributed by atoms with Gasteiger partial charge >= 0.3 is 0 Å². The summed E-state index contributed by atoms with van der Waals surface area (Å²) in [5.74, 6) is 0. The van der Waals surface area contributed by atoms with Gasteiger partial charge in [0.2, 0.25) is 0 Å². The molecule has 0 atom stereocenters. The molecule has 0 spiro atoms. The number of hydrogen-bond acceptors (Lipinski definition) is 3. The molecule has 1 fully saturated rings. The van der Waals surface area contributed by atoms with E-state index in [0.29, 0.717) is 12.1 Å². The number of methoxy groups -OCH3 is 1. The van der Waals surface area contributed by atoms with Crippen molar-refractivity contribution in [2.75, 3.05) is 33.3 Å². The number of nitrogens with one attached hydrogen (secondary N) is 1. The van der Waals surface area contributed by atoms with Crippen molar-refractivity contribution in [2.24, 2.45) is 0 Å². The summed E-state index contributed by atoms with van der Waals surface area (Å²) in [6, 6.07) is 0.705. The maximum Gasteiger partial charge on any atom is 0.0595 e. The molecule has 0 aromatic heterocycles. The highest BCUT2D eigenvalue weighted by Gasteiger charge is 2.17. The summed E-state index contributed by atoms with van der Waals surface area (Å²) in [7, 11) is 1.83. The first-order valence-electron chi connectivity index (χ1n) is 6.78. The molecule has 1 rings (SSSR count). The zero-order valence-corrected chi connectivity index (χ0v) is 11.2. The maximum absolute atomic E-state index is 5.37. The molecular weight excluding hydrogens is 200 g/mol. The molecule has 1 aliphatic rings. The molecule has 0 aromatic carbocycles. The second-order valence-corrected chi connectivity index (χ2v) is 4.74. The second-order valence-electron chi connectivity index (χ2n) is 4.74. The Balaban J connectivity index is 2.06. The average molecular weight is 228 g/mol. The molecule has 0 radical (unpaired) electrons. The lowest BCUT2D eigenvalue weighted by Gasteiger charge is -2.31. The largest absolute Gasteiger partial charge is 0.381 e. The van der Waals surface area contributed by atoms with Gasteiger partial charge in [-0.3, -0.25) is 0 Å². The van der Waals surface area contributed by atoms with Crippen molar-refractivity contribution in [2.45, 2.75) is 51.7 Å². The van der Waals surface area contributed by atoms with E-state index in [0.717, 1.165) is 6.54 Å². The molecule has 0 unspecified atom stereocenters. The minimum Gasteiger partial charge on any atom is -0.381 e. The molecule has 1 saturated heterocycles. The van der Waals surface area contributed by atoms with Crippen molar-refractivity contribution >= 4 is 0 Å². The summed E-state index contributed by atoms with van der Waals surface area (Å²) >= 11 is 0. The van der Waals surface area contributed by atoms with Crippen molar-refractivity contribution in [3.8, 4) is 0 Å². The second kappa shape index (κ2) is 8.04. The molecule has 0 bridgehead atoms. The standard InChI is InChI=1S/C13H28N2O/c1-4-12(5-2)14-8-11-15-9-6-13(16-3)7-10-15/h12-14H,4-11H2,1-3H3. The monoisotopic (exact) mass is 228 g/mol. The van der Waals surface area contributed by atoms with E-state index in [4.69, 9.17) is 4.74 Å². The predicted octanol–water partition coefficient (Wildman–Crippen LogP) is 1.88. The molecule has 0 aliphatic carbocycles. The molecule has 3 nitrogen and oxygen atoms in total. The highest BCUT2D eigenvalue weighted by molar-refractivity contribution is 4.73. The van der Waals surface area contributed by atoms with Crippen LogP contribution in [0.15, 0.2) is 0 Å². The van der Waals surface area contributed by atoms with Gasteiger partial charge in [0.25, 0.3) is 0 Å². The summed E-state index contributed by atoms with van der Waals surface area (Å²) in [6.07, 6.45) is 5.37. The van der Waals surface area contributed by atoms with Gasteiger partial charge in [0, 0.05) is 39.3 Å². The normalized spacial score (nSPS) is 19.5. The fourth-order valence-corrected chi connectivity index (χ4v) is 2.37. The van der Waals surface area contributed by atoms with E-state index in [9.17, 15) is 0 Å². The summed E-state index contributed by atoms with van der Waals surface area (Å²) in [5, 5.41) is 3.62. The lowest BCUT2D eigenvalue weighted by atomic mass is 10.1. The Bertz CT molecular complexity index is 163. The number of hydrogen-bond donors (Lipinski definition) is 1. The number of rotatable bonds is 7. The van der Waals surface area contributed by atoms with Crippen LogP contribution in [0.1, 0.15) is 39.5 Å². The van der Waals surface area contributed by atoms with Crippen molar-refractivity contribution in [1.82, 2.24) is 10.2 Å². The third kappa shape index (κ3) is 4.81. The van der Waals surface area contributed by atoms with Crippen LogP contribution in [0.5, 0.6) is 0 Å². The fraction of sp³-hybridized carbons (Fsp3) is 1.00. The lowest BCUT2D eigenvalue weighted by molar-refractivity contribution is 0.0413. The minimum atomic E-state index is 0.503. The maximum atomic E-state index is 5.37. The van der Waals surface area contributed by atoms with Gasteiger partial charge < -0.3 is 15.0 Å². The van der Waals surface area contributed by atoms with E-state index in [1.807, 2.05) is 7.11 Å². The summed E-state index contributed by atoms with van der Waals surface area (Å²) < 4.78 is 5.37. The third-order valence-corrected chi connectivity index (χ3v) is 3.71. The molecule has 0 amide bonds. The van der Waals surface area contributed by atoms with Crippen LogP contribution in [0.25, 0.3) is 0 Å². The van der Waals surface area contributed by atoms with Crippen LogP contribution in [0.4, 0.5) is 0 Å². The Kier molecular flexibility index (Phi) is 7.01. The quantitative estimate of drug-likeness (QED) is 0.720. The Morgan fingerprint density at radius 1 is 1.25 bits per heavy atom. The number of nitrogens with zero attached hydrogens (tertiary/aromatic N) is 1. The first-order valence-corrected chi connectivity index (χ1v) is 6.78. The van der Waals surface area contributed by atoms with Crippen molar-refractivity contribution in [3.05, 3.63) is 0 Å². The minimum absolute atomic E-state index is 0.503. The fourth-order valence-electron chi connectivity index (χ4n) is 2.37. The van der Waals surface area contributed by atoms with E-state index in [1.54, 1.807) is 0 Å². The molecule has 3 heteroatoms. The number of ether oxygens (including phenoxy) is 1. The summed E-state index contributed by atoms with van der Waals surface area (Å²) in [4.78, 5) is 2.55. The zero-order valence-electron chi connectivity index (χ0n) is 11.2. The van der Waals surface area contributed by atoms with Gasteiger partial charge in [0.15, 0.2) is 0 Å². The van der Waals surface area contributed by atoms with Crippen molar-refractivity contribution in [3.63, 3.8) is 0 Å². The van der Waals surface area contributed by atoms with Gasteiger partial charge in [-0.05, 0) is 25.7 Å². The summed E-state index contributed by atoms with van der Waals surface area (Å²) in [5.41, 5.74) is 0. The Hall–Kier alpha value is -0.120.